The number of terminal acetylenes is 1. The molecule has 0 aromatic carbocycles. The molecule has 2 atom stereocenters. The lowest BCUT2D eigenvalue weighted by Crippen LogP contribution is -2.18. The van der Waals surface area contributed by atoms with Crippen LogP contribution in [0.2, 0.25) is 0 Å². The molecule has 1 heteroatoms. The quantitative estimate of drug-likeness (QED) is 0.317. The van der Waals surface area contributed by atoms with Crippen molar-refractivity contribution in [3.05, 3.63) is 12.7 Å². The van der Waals surface area contributed by atoms with Crippen LogP contribution < -0.4 is 0 Å². The monoisotopic (exact) mass is 208 g/mol. The summed E-state index contributed by atoms with van der Waals surface area (Å²) in [4.78, 5) is 0. The maximum atomic E-state index is 5.72. The molecular formula is C14H24O. The smallest absolute Gasteiger partial charge is 0.118 e. The fourth-order valence-corrected chi connectivity index (χ4v) is 1.48. The Morgan fingerprint density at radius 1 is 1.33 bits per heavy atom. The molecule has 86 valence electrons. The van der Waals surface area contributed by atoms with Gasteiger partial charge in [-0.15, -0.1) is 13.0 Å². The third-order valence-corrected chi connectivity index (χ3v) is 2.50. The summed E-state index contributed by atoms with van der Waals surface area (Å²) in [7, 11) is 0. The lowest BCUT2D eigenvalue weighted by atomic mass is 10.1. The van der Waals surface area contributed by atoms with E-state index in [0.717, 1.165) is 12.8 Å². The second kappa shape index (κ2) is 9.80. The zero-order chi connectivity index (χ0) is 11.5. The van der Waals surface area contributed by atoms with Gasteiger partial charge in [0.25, 0.3) is 0 Å². The first kappa shape index (κ1) is 14.3. The van der Waals surface area contributed by atoms with Gasteiger partial charge in [0, 0.05) is 0 Å². The van der Waals surface area contributed by atoms with Crippen molar-refractivity contribution in [3.63, 3.8) is 0 Å². The Morgan fingerprint density at radius 2 is 2.07 bits per heavy atom. The van der Waals surface area contributed by atoms with E-state index >= 15 is 0 Å². The predicted octanol–water partition coefficient (Wildman–Crippen LogP) is 3.94. The molecule has 1 nitrogen and oxygen atoms in total. The molecule has 0 aliphatic rings. The Bertz CT molecular complexity index is 190. The van der Waals surface area contributed by atoms with Crippen LogP contribution in [-0.2, 0) is 4.74 Å². The van der Waals surface area contributed by atoms with Crippen LogP contribution in [0.1, 0.15) is 52.4 Å². The van der Waals surface area contributed by atoms with Crippen LogP contribution in [0.3, 0.4) is 0 Å². The number of hydrogen-bond acceptors (Lipinski definition) is 1. The molecule has 0 aromatic heterocycles. The average Bonchev–Trinajstić information content (AvgIpc) is 2.28. The van der Waals surface area contributed by atoms with Gasteiger partial charge in [-0.2, -0.15) is 0 Å². The highest BCUT2D eigenvalue weighted by atomic mass is 16.5. The molecule has 0 radical (unpaired) electrons. The first-order valence-electron chi connectivity index (χ1n) is 6.02. The van der Waals surface area contributed by atoms with Crippen LogP contribution in [0.4, 0.5) is 0 Å². The molecule has 0 aliphatic heterocycles. The summed E-state index contributed by atoms with van der Waals surface area (Å²) < 4.78 is 5.72. The van der Waals surface area contributed by atoms with Crippen molar-refractivity contribution in [2.45, 2.75) is 64.6 Å². The SMILES string of the molecule is C#CC(CC)O[C@H](C=C)CCCCCC. The van der Waals surface area contributed by atoms with Crippen LogP contribution in [0.15, 0.2) is 12.7 Å². The Morgan fingerprint density at radius 3 is 2.53 bits per heavy atom. The first-order chi connectivity index (χ1) is 7.28. The molecule has 0 rings (SSSR count). The van der Waals surface area contributed by atoms with Gasteiger partial charge in [0.1, 0.15) is 6.10 Å². The van der Waals surface area contributed by atoms with E-state index in [1.165, 1.54) is 25.7 Å². The molecule has 0 spiro atoms. The minimum atomic E-state index is -0.0563. The number of unbranched alkanes of at least 4 members (excludes halogenated alkanes) is 3. The summed E-state index contributed by atoms with van der Waals surface area (Å²) in [6, 6.07) is 0. The summed E-state index contributed by atoms with van der Waals surface area (Å²) in [5.74, 6) is 2.65. The summed E-state index contributed by atoms with van der Waals surface area (Å²) in [5, 5.41) is 0. The highest BCUT2D eigenvalue weighted by molar-refractivity contribution is 4.95. The van der Waals surface area contributed by atoms with Gasteiger partial charge in [0.2, 0.25) is 0 Å². The molecule has 1 unspecified atom stereocenters. The third kappa shape index (κ3) is 7.22. The molecule has 0 N–H and O–H groups in total. The minimum absolute atomic E-state index is 0.0563. The Labute approximate surface area is 94.9 Å². The zero-order valence-electron chi connectivity index (χ0n) is 10.2. The highest BCUT2D eigenvalue weighted by Crippen LogP contribution is 2.12. The third-order valence-electron chi connectivity index (χ3n) is 2.50. The van der Waals surface area contributed by atoms with Crippen LogP contribution in [-0.4, -0.2) is 12.2 Å². The molecule has 15 heavy (non-hydrogen) atoms. The lowest BCUT2D eigenvalue weighted by molar-refractivity contribution is 0.0391. The van der Waals surface area contributed by atoms with Gasteiger partial charge in [-0.1, -0.05) is 51.5 Å². The van der Waals surface area contributed by atoms with Crippen molar-refractivity contribution in [3.8, 4) is 12.3 Å². The highest BCUT2D eigenvalue weighted by Gasteiger charge is 2.09. The van der Waals surface area contributed by atoms with E-state index in [1.54, 1.807) is 0 Å². The van der Waals surface area contributed by atoms with Crippen LogP contribution in [0.25, 0.3) is 0 Å². The van der Waals surface area contributed by atoms with Crippen LogP contribution >= 0.6 is 0 Å². The van der Waals surface area contributed by atoms with Gasteiger partial charge in [-0.05, 0) is 12.8 Å². The molecule has 0 aromatic rings. The topological polar surface area (TPSA) is 9.23 Å². The molecular weight excluding hydrogens is 184 g/mol. The van der Waals surface area contributed by atoms with E-state index in [1.807, 2.05) is 13.0 Å². The van der Waals surface area contributed by atoms with Crippen LogP contribution in [0.5, 0.6) is 0 Å². The summed E-state index contributed by atoms with van der Waals surface area (Å²) >= 11 is 0. The van der Waals surface area contributed by atoms with E-state index in [9.17, 15) is 0 Å². The van der Waals surface area contributed by atoms with E-state index in [0.29, 0.717) is 0 Å². The van der Waals surface area contributed by atoms with Gasteiger partial charge >= 0.3 is 0 Å². The van der Waals surface area contributed by atoms with E-state index in [4.69, 9.17) is 11.2 Å². The molecule has 0 aliphatic carbocycles. The molecule has 0 saturated heterocycles. The van der Waals surface area contributed by atoms with Crippen molar-refractivity contribution in [2.24, 2.45) is 0 Å². The van der Waals surface area contributed by atoms with E-state index in [-0.39, 0.29) is 12.2 Å². The van der Waals surface area contributed by atoms with Crippen LogP contribution in [0, 0.1) is 12.3 Å². The summed E-state index contributed by atoms with van der Waals surface area (Å²) in [6.45, 7) is 8.05. The Hall–Kier alpha value is -0.740. The minimum Gasteiger partial charge on any atom is -0.358 e. The van der Waals surface area contributed by atoms with E-state index in [2.05, 4.69) is 19.4 Å². The second-order valence-corrected chi connectivity index (χ2v) is 3.82. The normalized spacial score (nSPS) is 14.2. The molecule has 0 fully saturated rings. The van der Waals surface area contributed by atoms with Gasteiger partial charge in [-0.3, -0.25) is 0 Å². The lowest BCUT2D eigenvalue weighted by Gasteiger charge is -2.17. The van der Waals surface area contributed by atoms with Crippen molar-refractivity contribution >= 4 is 0 Å². The molecule has 0 bridgehead atoms. The maximum absolute atomic E-state index is 5.72. The fourth-order valence-electron chi connectivity index (χ4n) is 1.48. The van der Waals surface area contributed by atoms with Crippen molar-refractivity contribution in [1.29, 1.82) is 0 Å². The number of hydrogen-bond donors (Lipinski definition) is 0. The number of rotatable bonds is 9. The summed E-state index contributed by atoms with van der Waals surface area (Å²) in [6.07, 6.45) is 14.2. The first-order valence-corrected chi connectivity index (χ1v) is 6.02. The van der Waals surface area contributed by atoms with Crippen molar-refractivity contribution in [2.75, 3.05) is 0 Å². The van der Waals surface area contributed by atoms with Gasteiger partial charge in [-0.25, -0.2) is 0 Å². The number of ether oxygens (including phenoxy) is 1. The summed E-state index contributed by atoms with van der Waals surface area (Å²) in [5.41, 5.74) is 0. The molecule has 0 saturated carbocycles. The molecule has 0 amide bonds. The molecule has 0 heterocycles. The standard InChI is InChI=1S/C14H24O/c1-5-9-10-11-12-14(8-4)15-13(6-2)7-3/h2,8,13-14H,4-5,7,9-12H2,1,3H3/t13?,14-/m1/s1. The van der Waals surface area contributed by atoms with Gasteiger partial charge in [0.15, 0.2) is 0 Å². The Balaban J connectivity index is 3.72. The van der Waals surface area contributed by atoms with Crippen molar-refractivity contribution < 1.29 is 4.74 Å². The zero-order valence-corrected chi connectivity index (χ0v) is 10.2. The van der Waals surface area contributed by atoms with Gasteiger partial charge < -0.3 is 4.74 Å². The average molecular weight is 208 g/mol. The largest absolute Gasteiger partial charge is 0.358 e. The van der Waals surface area contributed by atoms with Gasteiger partial charge in [0.05, 0.1) is 6.10 Å². The van der Waals surface area contributed by atoms with Crippen molar-refractivity contribution in [1.82, 2.24) is 0 Å². The maximum Gasteiger partial charge on any atom is 0.118 e. The predicted molar refractivity (Wildman–Crippen MR) is 66.7 cm³/mol. The van der Waals surface area contributed by atoms with E-state index < -0.39 is 0 Å². The second-order valence-electron chi connectivity index (χ2n) is 3.82. The Kier molecular flexibility index (Phi) is 9.32. The fraction of sp³-hybridized carbons (Fsp3) is 0.714.